The van der Waals surface area contributed by atoms with E-state index in [1.54, 1.807) is 10.6 Å². The molecular weight excluding hydrogens is 373 g/mol. The second-order valence-corrected chi connectivity index (χ2v) is 7.87. The average Bonchev–Trinajstić information content (AvgIpc) is 2.99. The number of amides is 2. The minimum absolute atomic E-state index is 0.00311. The van der Waals surface area contributed by atoms with Crippen molar-refractivity contribution in [2.45, 2.75) is 30.3 Å². The molecule has 27 heavy (non-hydrogen) atoms. The summed E-state index contributed by atoms with van der Waals surface area (Å²) in [5, 5.41) is 6.03. The van der Waals surface area contributed by atoms with Gasteiger partial charge in [0.1, 0.15) is 17.3 Å². The van der Waals surface area contributed by atoms with Crippen molar-refractivity contribution in [1.82, 2.24) is 15.2 Å². The number of nitrogens with zero attached hydrogens (tertiary/aromatic N) is 1. The van der Waals surface area contributed by atoms with Gasteiger partial charge in [0.15, 0.2) is 6.61 Å². The third-order valence-electron chi connectivity index (χ3n) is 5.25. The lowest BCUT2D eigenvalue weighted by molar-refractivity contribution is -0.141. The van der Waals surface area contributed by atoms with Gasteiger partial charge in [-0.3, -0.25) is 9.59 Å². The van der Waals surface area contributed by atoms with Crippen molar-refractivity contribution in [2.75, 3.05) is 6.61 Å². The first-order chi connectivity index (χ1) is 12.8. The Balaban J connectivity index is 1.24. The number of halogens is 2. The fourth-order valence-electron chi connectivity index (χ4n) is 4.10. The predicted octanol–water partition coefficient (Wildman–Crippen LogP) is 2.42. The van der Waals surface area contributed by atoms with Gasteiger partial charge < -0.3 is 19.9 Å². The van der Waals surface area contributed by atoms with Gasteiger partial charge in [-0.05, 0) is 43.5 Å². The van der Waals surface area contributed by atoms with Crippen LogP contribution in [0.5, 0.6) is 5.75 Å². The molecular formula is C19H19ClFN3O3. The Kier molecular flexibility index (Phi) is 4.14. The standard InChI is InChI=1S/C19H19ClFN3O3/c1-24-6-2-3-15(24)17(26)23-19-9-18(10-19,11-19)22-16(25)8-27-12-4-5-13(20)14(21)7-12/h2-7H,8-11H2,1H3,(H,22,25)(H,23,26). The molecule has 3 aliphatic rings. The van der Waals surface area contributed by atoms with Gasteiger partial charge in [-0.25, -0.2) is 4.39 Å². The highest BCUT2D eigenvalue weighted by molar-refractivity contribution is 6.30. The van der Waals surface area contributed by atoms with E-state index in [9.17, 15) is 14.0 Å². The zero-order chi connectivity index (χ0) is 19.2. The van der Waals surface area contributed by atoms with Gasteiger partial charge in [0.2, 0.25) is 0 Å². The van der Waals surface area contributed by atoms with E-state index in [1.165, 1.54) is 12.1 Å². The molecule has 0 spiro atoms. The van der Waals surface area contributed by atoms with Crippen molar-refractivity contribution in [3.05, 3.63) is 53.1 Å². The smallest absolute Gasteiger partial charge is 0.268 e. The molecule has 2 N–H and O–H groups in total. The Morgan fingerprint density at radius 3 is 2.56 bits per heavy atom. The molecule has 3 fully saturated rings. The fourth-order valence-corrected chi connectivity index (χ4v) is 4.22. The van der Waals surface area contributed by atoms with Gasteiger partial charge in [-0.1, -0.05) is 11.6 Å². The second-order valence-electron chi connectivity index (χ2n) is 7.46. The first-order valence-corrected chi connectivity index (χ1v) is 9.00. The summed E-state index contributed by atoms with van der Waals surface area (Å²) in [6.45, 7) is -0.203. The molecule has 3 aliphatic carbocycles. The van der Waals surface area contributed by atoms with E-state index < -0.39 is 5.82 Å². The van der Waals surface area contributed by atoms with Crippen molar-refractivity contribution in [1.29, 1.82) is 0 Å². The highest BCUT2D eigenvalue weighted by Gasteiger charge is 2.69. The van der Waals surface area contributed by atoms with Gasteiger partial charge in [0.05, 0.1) is 5.02 Å². The number of rotatable bonds is 6. The molecule has 2 aromatic rings. The van der Waals surface area contributed by atoms with Crippen LogP contribution in [0.15, 0.2) is 36.5 Å². The van der Waals surface area contributed by atoms with E-state index in [0.29, 0.717) is 25.0 Å². The summed E-state index contributed by atoms with van der Waals surface area (Å²) < 4.78 is 20.4. The number of hydrogen-bond acceptors (Lipinski definition) is 3. The molecule has 0 aliphatic heterocycles. The predicted molar refractivity (Wildman–Crippen MR) is 97.2 cm³/mol. The molecule has 2 amide bonds. The lowest BCUT2D eigenvalue weighted by Crippen LogP contribution is -2.84. The monoisotopic (exact) mass is 391 g/mol. The molecule has 1 aromatic heterocycles. The summed E-state index contributed by atoms with van der Waals surface area (Å²) in [5.41, 5.74) is 0.114. The van der Waals surface area contributed by atoms with Gasteiger partial charge in [0, 0.05) is 30.4 Å². The zero-order valence-electron chi connectivity index (χ0n) is 14.7. The third-order valence-corrected chi connectivity index (χ3v) is 5.56. The van der Waals surface area contributed by atoms with E-state index in [-0.39, 0.29) is 40.3 Å². The van der Waals surface area contributed by atoms with Crippen LogP contribution in [0.25, 0.3) is 0 Å². The summed E-state index contributed by atoms with van der Waals surface area (Å²) >= 11 is 5.61. The number of ether oxygens (including phenoxy) is 1. The normalized spacial score (nSPS) is 25.1. The molecule has 0 unspecified atom stereocenters. The van der Waals surface area contributed by atoms with Crippen LogP contribution in [0.1, 0.15) is 29.8 Å². The molecule has 5 rings (SSSR count). The van der Waals surface area contributed by atoms with Gasteiger partial charge in [-0.2, -0.15) is 0 Å². The second kappa shape index (κ2) is 6.27. The van der Waals surface area contributed by atoms with Crippen LogP contribution < -0.4 is 15.4 Å². The Morgan fingerprint density at radius 2 is 1.93 bits per heavy atom. The zero-order valence-corrected chi connectivity index (χ0v) is 15.5. The SMILES string of the molecule is Cn1cccc1C(=O)NC12CC(NC(=O)COc3ccc(Cl)c(F)c3)(C1)C2. The van der Waals surface area contributed by atoms with Crippen LogP contribution in [0.2, 0.25) is 5.02 Å². The Morgan fingerprint density at radius 1 is 1.22 bits per heavy atom. The van der Waals surface area contributed by atoms with Crippen molar-refractivity contribution >= 4 is 23.4 Å². The Labute approximate surface area is 160 Å². The van der Waals surface area contributed by atoms with Gasteiger partial charge in [-0.15, -0.1) is 0 Å². The van der Waals surface area contributed by atoms with E-state index >= 15 is 0 Å². The van der Waals surface area contributed by atoms with Crippen LogP contribution in [0.4, 0.5) is 4.39 Å². The van der Waals surface area contributed by atoms with Crippen molar-refractivity contribution in [2.24, 2.45) is 7.05 Å². The Bertz CT molecular complexity index is 907. The van der Waals surface area contributed by atoms with Crippen LogP contribution in [-0.4, -0.2) is 34.1 Å². The van der Waals surface area contributed by atoms with Crippen LogP contribution >= 0.6 is 11.6 Å². The van der Waals surface area contributed by atoms with Crippen molar-refractivity contribution in [3.8, 4) is 5.75 Å². The van der Waals surface area contributed by atoms with E-state index in [2.05, 4.69) is 10.6 Å². The molecule has 0 saturated heterocycles. The van der Waals surface area contributed by atoms with Gasteiger partial charge in [0.25, 0.3) is 11.8 Å². The average molecular weight is 392 g/mol. The highest BCUT2D eigenvalue weighted by atomic mass is 35.5. The maximum Gasteiger partial charge on any atom is 0.268 e. The summed E-state index contributed by atoms with van der Waals surface area (Å²) in [6.07, 6.45) is 3.94. The lowest BCUT2D eigenvalue weighted by atomic mass is 9.44. The quantitative estimate of drug-likeness (QED) is 0.794. The molecule has 1 heterocycles. The summed E-state index contributed by atoms with van der Waals surface area (Å²) in [4.78, 5) is 24.4. The largest absolute Gasteiger partial charge is 0.484 e. The van der Waals surface area contributed by atoms with Crippen LogP contribution in [-0.2, 0) is 11.8 Å². The van der Waals surface area contributed by atoms with Crippen molar-refractivity contribution < 1.29 is 18.7 Å². The highest BCUT2D eigenvalue weighted by Crippen LogP contribution is 2.60. The Hall–Kier alpha value is -2.54. The molecule has 0 atom stereocenters. The molecule has 142 valence electrons. The number of aryl methyl sites for hydroxylation is 1. The molecule has 6 nitrogen and oxygen atoms in total. The first-order valence-electron chi connectivity index (χ1n) is 8.63. The summed E-state index contributed by atoms with van der Waals surface area (Å²) in [5.74, 6) is -0.719. The van der Waals surface area contributed by atoms with E-state index in [0.717, 1.165) is 6.07 Å². The van der Waals surface area contributed by atoms with Gasteiger partial charge >= 0.3 is 0 Å². The minimum Gasteiger partial charge on any atom is -0.484 e. The molecule has 3 saturated carbocycles. The van der Waals surface area contributed by atoms with E-state index in [4.69, 9.17) is 16.3 Å². The lowest BCUT2D eigenvalue weighted by Gasteiger charge is -2.70. The fraction of sp³-hybridized carbons (Fsp3) is 0.368. The number of hydrogen-bond donors (Lipinski definition) is 2. The number of aromatic nitrogens is 1. The molecule has 2 bridgehead atoms. The number of carbonyl (C=O) groups is 2. The molecule has 0 radical (unpaired) electrons. The maximum atomic E-state index is 13.4. The number of carbonyl (C=O) groups excluding carboxylic acids is 2. The number of benzene rings is 1. The maximum absolute atomic E-state index is 13.4. The van der Waals surface area contributed by atoms with Crippen LogP contribution in [0.3, 0.4) is 0 Å². The molecule has 8 heteroatoms. The van der Waals surface area contributed by atoms with Crippen LogP contribution in [0, 0.1) is 5.82 Å². The molecule has 1 aromatic carbocycles. The third kappa shape index (κ3) is 3.27. The van der Waals surface area contributed by atoms with E-state index in [1.807, 2.05) is 19.3 Å². The summed E-state index contributed by atoms with van der Waals surface area (Å²) in [7, 11) is 1.82. The first kappa shape index (κ1) is 17.9. The van der Waals surface area contributed by atoms with Crippen molar-refractivity contribution in [3.63, 3.8) is 0 Å². The number of nitrogens with one attached hydrogen (secondary N) is 2. The minimum atomic E-state index is -0.593. The summed E-state index contributed by atoms with van der Waals surface area (Å²) in [6, 6.07) is 7.63. The topological polar surface area (TPSA) is 72.4 Å².